The number of hydrogen-bond acceptors (Lipinski definition) is 3. The van der Waals surface area contributed by atoms with Crippen LogP contribution in [0.3, 0.4) is 0 Å². The molecule has 0 aromatic heterocycles. The first-order chi connectivity index (χ1) is 9.08. The van der Waals surface area contributed by atoms with Crippen molar-refractivity contribution in [3.05, 3.63) is 36.0 Å². The van der Waals surface area contributed by atoms with Gasteiger partial charge in [-0.3, -0.25) is 9.59 Å². The lowest BCUT2D eigenvalue weighted by atomic mass is 9.96. The van der Waals surface area contributed by atoms with E-state index in [1.54, 1.807) is 6.08 Å². The van der Waals surface area contributed by atoms with Gasteiger partial charge in [0, 0.05) is 24.8 Å². The Morgan fingerprint density at radius 3 is 2.84 bits per heavy atom. The first-order valence-electron chi connectivity index (χ1n) is 6.79. The zero-order chi connectivity index (χ0) is 14.3. The van der Waals surface area contributed by atoms with Crippen molar-refractivity contribution in [1.29, 1.82) is 0 Å². The molecule has 1 unspecified atom stereocenters. The van der Waals surface area contributed by atoms with Gasteiger partial charge in [-0.25, -0.2) is 0 Å². The normalized spacial score (nSPS) is 22.4. The predicted octanol–water partition coefficient (Wildman–Crippen LogP) is 3.37. The van der Waals surface area contributed by atoms with Crippen LogP contribution in [-0.4, -0.2) is 17.9 Å². The third-order valence-electron chi connectivity index (χ3n) is 3.18. The third kappa shape index (κ3) is 4.86. The number of ether oxygens (including phenoxy) is 1. The molecule has 0 radical (unpaired) electrons. The van der Waals surface area contributed by atoms with Gasteiger partial charge in [0.1, 0.15) is 6.10 Å². The summed E-state index contributed by atoms with van der Waals surface area (Å²) in [5.41, 5.74) is 0.823. The first-order valence-corrected chi connectivity index (χ1v) is 6.79. The Morgan fingerprint density at radius 1 is 1.53 bits per heavy atom. The number of hydrogen-bond donors (Lipinski definition) is 0. The number of carbonyl (C=O) groups is 2. The second-order valence-electron chi connectivity index (χ2n) is 4.67. The van der Waals surface area contributed by atoms with Crippen LogP contribution in [0.2, 0.25) is 0 Å². The van der Waals surface area contributed by atoms with Crippen LogP contribution in [0.4, 0.5) is 0 Å². The van der Waals surface area contributed by atoms with Crippen molar-refractivity contribution in [1.82, 2.24) is 0 Å². The molecule has 1 rings (SSSR count). The number of esters is 1. The maximum Gasteiger partial charge on any atom is 0.302 e. The summed E-state index contributed by atoms with van der Waals surface area (Å²) in [4.78, 5) is 22.7. The topological polar surface area (TPSA) is 43.4 Å². The van der Waals surface area contributed by atoms with E-state index in [0.717, 1.165) is 18.4 Å². The van der Waals surface area contributed by atoms with Gasteiger partial charge in [0.25, 0.3) is 0 Å². The van der Waals surface area contributed by atoms with E-state index in [-0.39, 0.29) is 23.8 Å². The van der Waals surface area contributed by atoms with Crippen LogP contribution < -0.4 is 0 Å². The molecule has 0 fully saturated rings. The fourth-order valence-electron chi connectivity index (χ4n) is 2.12. The zero-order valence-electron chi connectivity index (χ0n) is 11.9. The Labute approximate surface area is 115 Å². The Balaban J connectivity index is 2.67. The van der Waals surface area contributed by atoms with E-state index >= 15 is 0 Å². The minimum absolute atomic E-state index is 0.0761. The third-order valence-corrected chi connectivity index (χ3v) is 3.18. The first kappa shape index (κ1) is 15.4. The van der Waals surface area contributed by atoms with Gasteiger partial charge in [-0.2, -0.15) is 0 Å². The predicted molar refractivity (Wildman–Crippen MR) is 75.6 cm³/mol. The Bertz CT molecular complexity index is 416. The molecule has 0 amide bonds. The number of rotatable bonds is 6. The van der Waals surface area contributed by atoms with Crippen molar-refractivity contribution in [2.75, 3.05) is 0 Å². The van der Waals surface area contributed by atoms with Crippen LogP contribution in [0.5, 0.6) is 0 Å². The molecular formula is C16H22O3. The smallest absolute Gasteiger partial charge is 0.302 e. The summed E-state index contributed by atoms with van der Waals surface area (Å²) in [5, 5.41) is 0. The summed E-state index contributed by atoms with van der Waals surface area (Å²) >= 11 is 0. The van der Waals surface area contributed by atoms with Crippen LogP contribution in [0, 0.1) is 5.92 Å². The lowest BCUT2D eigenvalue weighted by Gasteiger charge is -2.14. The average molecular weight is 262 g/mol. The van der Waals surface area contributed by atoms with Gasteiger partial charge >= 0.3 is 5.97 Å². The summed E-state index contributed by atoms with van der Waals surface area (Å²) in [6.45, 7) is 5.35. The molecule has 3 heteroatoms. The van der Waals surface area contributed by atoms with Gasteiger partial charge in [0.05, 0.1) is 0 Å². The van der Waals surface area contributed by atoms with E-state index in [2.05, 4.69) is 6.08 Å². The highest BCUT2D eigenvalue weighted by Crippen LogP contribution is 2.26. The summed E-state index contributed by atoms with van der Waals surface area (Å²) in [6, 6.07) is 0. The van der Waals surface area contributed by atoms with E-state index in [1.165, 1.54) is 6.92 Å². The molecule has 0 N–H and O–H groups in total. The van der Waals surface area contributed by atoms with Gasteiger partial charge in [-0.05, 0) is 25.8 Å². The van der Waals surface area contributed by atoms with Crippen molar-refractivity contribution in [3.8, 4) is 0 Å². The van der Waals surface area contributed by atoms with Crippen molar-refractivity contribution >= 4 is 11.8 Å². The van der Waals surface area contributed by atoms with Crippen LogP contribution >= 0.6 is 0 Å². The lowest BCUT2D eigenvalue weighted by molar-refractivity contribution is -0.146. The van der Waals surface area contributed by atoms with Gasteiger partial charge in [0.15, 0.2) is 5.78 Å². The van der Waals surface area contributed by atoms with E-state index in [9.17, 15) is 9.59 Å². The summed E-state index contributed by atoms with van der Waals surface area (Å²) in [7, 11) is 0. The fourth-order valence-corrected chi connectivity index (χ4v) is 2.12. The summed E-state index contributed by atoms with van der Waals surface area (Å²) in [5.74, 6) is -0.0303. The van der Waals surface area contributed by atoms with Crippen LogP contribution in [0.15, 0.2) is 36.0 Å². The average Bonchev–Trinajstić information content (AvgIpc) is 2.72. The van der Waals surface area contributed by atoms with Gasteiger partial charge in [0.2, 0.25) is 0 Å². The number of allylic oxidation sites excluding steroid dienone is 5. The highest BCUT2D eigenvalue weighted by molar-refractivity contribution is 6.07. The highest BCUT2D eigenvalue weighted by Gasteiger charge is 2.22. The molecule has 0 saturated heterocycles. The molecular weight excluding hydrogens is 240 g/mol. The molecule has 0 aromatic rings. The summed E-state index contributed by atoms with van der Waals surface area (Å²) in [6.07, 6.45) is 11.6. The molecule has 0 saturated carbocycles. The van der Waals surface area contributed by atoms with Crippen molar-refractivity contribution in [2.24, 2.45) is 5.92 Å². The lowest BCUT2D eigenvalue weighted by Crippen LogP contribution is -2.15. The number of carbonyl (C=O) groups excluding carboxylic acids is 2. The van der Waals surface area contributed by atoms with Crippen molar-refractivity contribution < 1.29 is 14.3 Å². The maximum absolute atomic E-state index is 11.8. The molecule has 1 aliphatic carbocycles. The molecule has 3 nitrogen and oxygen atoms in total. The Kier molecular flexibility index (Phi) is 6.26. The highest BCUT2D eigenvalue weighted by atomic mass is 16.5. The van der Waals surface area contributed by atoms with Gasteiger partial charge in [-0.15, -0.1) is 0 Å². The molecule has 19 heavy (non-hydrogen) atoms. The SMILES string of the molecule is C/C=C\C[C@H]1C=CC(=O)/C1=C/CC(CC)OC(C)=O. The molecule has 0 aliphatic heterocycles. The minimum Gasteiger partial charge on any atom is -0.462 e. The van der Waals surface area contributed by atoms with E-state index in [0.29, 0.717) is 6.42 Å². The molecule has 0 spiro atoms. The van der Waals surface area contributed by atoms with E-state index in [4.69, 9.17) is 4.74 Å². The summed E-state index contributed by atoms with van der Waals surface area (Å²) < 4.78 is 5.18. The Morgan fingerprint density at radius 2 is 2.26 bits per heavy atom. The van der Waals surface area contributed by atoms with Gasteiger partial charge in [-0.1, -0.05) is 31.2 Å². The second-order valence-corrected chi connectivity index (χ2v) is 4.67. The molecule has 0 bridgehead atoms. The minimum atomic E-state index is -0.272. The molecule has 1 aliphatic rings. The largest absolute Gasteiger partial charge is 0.462 e. The molecule has 104 valence electrons. The fraction of sp³-hybridized carbons (Fsp3) is 0.500. The van der Waals surface area contributed by atoms with Crippen LogP contribution in [-0.2, 0) is 14.3 Å². The maximum atomic E-state index is 11.8. The van der Waals surface area contributed by atoms with Crippen molar-refractivity contribution in [2.45, 2.75) is 46.1 Å². The van der Waals surface area contributed by atoms with E-state index in [1.807, 2.05) is 32.1 Å². The van der Waals surface area contributed by atoms with Crippen molar-refractivity contribution in [3.63, 3.8) is 0 Å². The van der Waals surface area contributed by atoms with Crippen LogP contribution in [0.1, 0.15) is 40.0 Å². The quantitative estimate of drug-likeness (QED) is 0.419. The standard InChI is InChI=1S/C16H22O3/c1-4-6-7-13-8-11-16(18)15(13)10-9-14(5-2)19-12(3)17/h4,6,8,10-11,13-14H,5,7,9H2,1-3H3/b6-4-,15-10+/t13-,14?/m0/s1. The Hall–Kier alpha value is -1.64. The van der Waals surface area contributed by atoms with E-state index < -0.39 is 0 Å². The molecule has 0 aromatic carbocycles. The van der Waals surface area contributed by atoms with Crippen LogP contribution in [0.25, 0.3) is 0 Å². The molecule has 0 heterocycles. The molecule has 2 atom stereocenters. The number of ketones is 1. The second kappa shape index (κ2) is 7.72. The van der Waals surface area contributed by atoms with Gasteiger partial charge < -0.3 is 4.74 Å². The zero-order valence-corrected chi connectivity index (χ0v) is 11.9. The monoisotopic (exact) mass is 262 g/mol.